The maximum atomic E-state index is 12.2. The Bertz CT molecular complexity index is 709. The predicted octanol–water partition coefficient (Wildman–Crippen LogP) is 1.98. The van der Waals surface area contributed by atoms with E-state index in [0.29, 0.717) is 18.1 Å². The number of likely N-dealkylation sites (tertiary alicyclic amines) is 1. The molecule has 0 radical (unpaired) electrons. The predicted molar refractivity (Wildman–Crippen MR) is 92.6 cm³/mol. The van der Waals surface area contributed by atoms with Crippen LogP contribution in [0.25, 0.3) is 11.3 Å². The number of amides is 2. The molecule has 0 saturated carbocycles. The van der Waals surface area contributed by atoms with Crippen molar-refractivity contribution in [1.82, 2.24) is 9.27 Å². The number of aromatic nitrogens is 1. The summed E-state index contributed by atoms with van der Waals surface area (Å²) in [6.45, 7) is 1.15. The van der Waals surface area contributed by atoms with Gasteiger partial charge < -0.3 is 15.3 Å². The van der Waals surface area contributed by atoms with Gasteiger partial charge in [-0.3, -0.25) is 9.59 Å². The van der Waals surface area contributed by atoms with Gasteiger partial charge in [0.2, 0.25) is 0 Å². The summed E-state index contributed by atoms with van der Waals surface area (Å²) in [6.07, 6.45) is 1.46. The fourth-order valence-electron chi connectivity index (χ4n) is 2.71. The van der Waals surface area contributed by atoms with Gasteiger partial charge in [-0.15, -0.1) is 0 Å². The molecule has 1 aliphatic heterocycles. The average molecular weight is 345 g/mol. The van der Waals surface area contributed by atoms with E-state index >= 15 is 0 Å². The van der Waals surface area contributed by atoms with Crippen LogP contribution in [0.3, 0.4) is 0 Å². The third-order valence-corrected chi connectivity index (χ3v) is 4.88. The number of carbonyl (C=O) groups is 2. The van der Waals surface area contributed by atoms with Gasteiger partial charge in [-0.2, -0.15) is 4.37 Å². The number of aliphatic hydroxyl groups excluding tert-OH is 1. The van der Waals surface area contributed by atoms with Crippen molar-refractivity contribution in [2.45, 2.75) is 12.8 Å². The SMILES string of the molecule is O=C(Nc1cc(-c2ccccc2)ns1)C(=O)N1CCC(CO)CC1. The number of aliphatic hydroxyl groups is 1. The molecule has 1 aliphatic rings. The largest absolute Gasteiger partial charge is 0.396 e. The Hall–Kier alpha value is -2.25. The molecule has 1 aromatic carbocycles. The second-order valence-corrected chi connectivity index (χ2v) is 6.62. The van der Waals surface area contributed by atoms with E-state index < -0.39 is 11.8 Å². The zero-order valence-electron chi connectivity index (χ0n) is 13.1. The Morgan fingerprint density at radius 2 is 1.96 bits per heavy atom. The monoisotopic (exact) mass is 345 g/mol. The fraction of sp³-hybridized carbons (Fsp3) is 0.353. The summed E-state index contributed by atoms with van der Waals surface area (Å²) >= 11 is 1.16. The van der Waals surface area contributed by atoms with Gasteiger partial charge in [-0.25, -0.2) is 0 Å². The van der Waals surface area contributed by atoms with Crippen LogP contribution in [0.1, 0.15) is 12.8 Å². The van der Waals surface area contributed by atoms with E-state index in [2.05, 4.69) is 9.69 Å². The molecule has 0 bridgehead atoms. The van der Waals surface area contributed by atoms with E-state index in [0.717, 1.165) is 35.6 Å². The van der Waals surface area contributed by atoms with Gasteiger partial charge in [0.25, 0.3) is 0 Å². The molecule has 3 rings (SSSR count). The molecule has 0 aliphatic carbocycles. The standard InChI is InChI=1S/C17H19N3O3S/c21-11-12-6-8-20(9-7-12)17(23)16(22)18-15-10-14(19-24-15)13-4-2-1-3-5-13/h1-5,10,12,21H,6-9,11H2,(H,18,22). The van der Waals surface area contributed by atoms with Gasteiger partial charge in [0.1, 0.15) is 5.00 Å². The lowest BCUT2D eigenvalue weighted by atomic mass is 9.98. The van der Waals surface area contributed by atoms with Gasteiger partial charge >= 0.3 is 11.8 Å². The van der Waals surface area contributed by atoms with Gasteiger partial charge in [0.05, 0.1) is 5.69 Å². The number of benzene rings is 1. The molecule has 2 aromatic rings. The van der Waals surface area contributed by atoms with Crippen LogP contribution >= 0.6 is 11.5 Å². The van der Waals surface area contributed by atoms with Crippen molar-refractivity contribution in [3.8, 4) is 11.3 Å². The summed E-state index contributed by atoms with van der Waals surface area (Å²) in [4.78, 5) is 25.9. The van der Waals surface area contributed by atoms with E-state index in [9.17, 15) is 9.59 Å². The second-order valence-electron chi connectivity index (χ2n) is 5.81. The Morgan fingerprint density at radius 1 is 1.25 bits per heavy atom. The van der Waals surface area contributed by atoms with Gasteiger partial charge in [0.15, 0.2) is 0 Å². The molecular weight excluding hydrogens is 326 g/mol. The van der Waals surface area contributed by atoms with Crippen LogP contribution in [0.15, 0.2) is 36.4 Å². The highest BCUT2D eigenvalue weighted by atomic mass is 32.1. The Labute approximate surface area is 144 Å². The molecule has 2 heterocycles. The molecule has 0 unspecified atom stereocenters. The first-order chi connectivity index (χ1) is 11.7. The first-order valence-electron chi connectivity index (χ1n) is 7.90. The number of carbonyl (C=O) groups excluding carboxylic acids is 2. The minimum Gasteiger partial charge on any atom is -0.396 e. The van der Waals surface area contributed by atoms with Crippen molar-refractivity contribution in [2.24, 2.45) is 5.92 Å². The number of rotatable bonds is 3. The third-order valence-electron chi connectivity index (χ3n) is 4.17. The van der Waals surface area contributed by atoms with Crippen molar-refractivity contribution >= 4 is 28.3 Å². The third kappa shape index (κ3) is 3.80. The quantitative estimate of drug-likeness (QED) is 0.834. The zero-order chi connectivity index (χ0) is 16.9. The number of anilines is 1. The molecule has 2 N–H and O–H groups in total. The van der Waals surface area contributed by atoms with Crippen LogP contribution < -0.4 is 5.32 Å². The second kappa shape index (κ2) is 7.55. The molecule has 0 atom stereocenters. The van der Waals surface area contributed by atoms with Crippen LogP contribution in [0, 0.1) is 5.92 Å². The Balaban J connectivity index is 1.59. The summed E-state index contributed by atoms with van der Waals surface area (Å²) in [5, 5.41) is 12.3. The van der Waals surface area contributed by atoms with Crippen molar-refractivity contribution in [1.29, 1.82) is 0 Å². The Morgan fingerprint density at radius 3 is 2.62 bits per heavy atom. The number of piperidine rings is 1. The van der Waals surface area contributed by atoms with Crippen molar-refractivity contribution in [2.75, 3.05) is 25.0 Å². The molecular formula is C17H19N3O3S. The van der Waals surface area contributed by atoms with Crippen LogP contribution in [0.5, 0.6) is 0 Å². The first kappa shape index (κ1) is 16.6. The molecule has 126 valence electrons. The lowest BCUT2D eigenvalue weighted by Crippen LogP contribution is -2.44. The topological polar surface area (TPSA) is 82.5 Å². The summed E-state index contributed by atoms with van der Waals surface area (Å²) in [7, 11) is 0. The number of hydrogen-bond acceptors (Lipinski definition) is 5. The van der Waals surface area contributed by atoms with Crippen molar-refractivity contribution in [3.05, 3.63) is 36.4 Å². The van der Waals surface area contributed by atoms with E-state index in [1.807, 2.05) is 30.3 Å². The van der Waals surface area contributed by atoms with Crippen LogP contribution in [-0.4, -0.2) is 45.9 Å². The van der Waals surface area contributed by atoms with Crippen LogP contribution in [-0.2, 0) is 9.59 Å². The van der Waals surface area contributed by atoms with E-state index in [1.165, 1.54) is 0 Å². The summed E-state index contributed by atoms with van der Waals surface area (Å²) < 4.78 is 4.31. The molecule has 1 aromatic heterocycles. The van der Waals surface area contributed by atoms with E-state index in [4.69, 9.17) is 5.11 Å². The molecule has 2 amide bonds. The highest BCUT2D eigenvalue weighted by Gasteiger charge is 2.27. The number of nitrogens with zero attached hydrogens (tertiary/aromatic N) is 2. The minimum atomic E-state index is -0.638. The normalized spacial score (nSPS) is 15.3. The number of nitrogens with one attached hydrogen (secondary N) is 1. The summed E-state index contributed by atoms with van der Waals surface area (Å²) in [6, 6.07) is 11.4. The van der Waals surface area contributed by atoms with Crippen LogP contribution in [0.2, 0.25) is 0 Å². The van der Waals surface area contributed by atoms with Crippen LogP contribution in [0.4, 0.5) is 5.00 Å². The maximum Gasteiger partial charge on any atom is 0.314 e. The highest BCUT2D eigenvalue weighted by Crippen LogP contribution is 2.25. The summed E-state index contributed by atoms with van der Waals surface area (Å²) in [5.41, 5.74) is 1.73. The molecule has 24 heavy (non-hydrogen) atoms. The average Bonchev–Trinajstić information content (AvgIpc) is 3.10. The smallest absolute Gasteiger partial charge is 0.314 e. The van der Waals surface area contributed by atoms with Gasteiger partial charge in [-0.1, -0.05) is 30.3 Å². The minimum absolute atomic E-state index is 0.136. The van der Waals surface area contributed by atoms with Gasteiger partial charge in [0, 0.05) is 31.3 Å². The Kier molecular flexibility index (Phi) is 5.22. The summed E-state index contributed by atoms with van der Waals surface area (Å²) in [5.74, 6) is -0.936. The first-order valence-corrected chi connectivity index (χ1v) is 8.68. The fourth-order valence-corrected chi connectivity index (χ4v) is 3.36. The van der Waals surface area contributed by atoms with E-state index in [-0.39, 0.29) is 12.5 Å². The molecule has 6 nitrogen and oxygen atoms in total. The zero-order valence-corrected chi connectivity index (χ0v) is 14.0. The lowest BCUT2D eigenvalue weighted by molar-refractivity contribution is -0.144. The molecule has 7 heteroatoms. The van der Waals surface area contributed by atoms with Gasteiger partial charge in [-0.05, 0) is 30.3 Å². The maximum absolute atomic E-state index is 12.2. The lowest BCUT2D eigenvalue weighted by Gasteiger charge is -2.30. The number of hydrogen-bond donors (Lipinski definition) is 2. The molecule has 1 fully saturated rings. The molecule has 0 spiro atoms. The molecule has 1 saturated heterocycles. The van der Waals surface area contributed by atoms with Crippen molar-refractivity contribution < 1.29 is 14.7 Å². The highest BCUT2D eigenvalue weighted by molar-refractivity contribution is 7.10. The van der Waals surface area contributed by atoms with Crippen molar-refractivity contribution in [3.63, 3.8) is 0 Å². The van der Waals surface area contributed by atoms with E-state index in [1.54, 1.807) is 11.0 Å².